The third-order valence-electron chi connectivity index (χ3n) is 3.96. The first-order valence-corrected chi connectivity index (χ1v) is 9.04. The summed E-state index contributed by atoms with van der Waals surface area (Å²) >= 11 is 0. The molecule has 2 aromatic rings. The van der Waals surface area contributed by atoms with E-state index < -0.39 is 21.7 Å². The summed E-state index contributed by atoms with van der Waals surface area (Å²) in [5, 5.41) is 0.739. The number of nitrogens with one attached hydrogen (secondary N) is 1. The zero-order chi connectivity index (χ0) is 16.5. The Kier molecular flexibility index (Phi) is 4.08. The largest absolute Gasteiger partial charge is 0.443 e. The number of benzene rings is 1. The van der Waals surface area contributed by atoms with Crippen LogP contribution in [-0.4, -0.2) is 25.1 Å². The molecule has 1 fully saturated rings. The van der Waals surface area contributed by atoms with Gasteiger partial charge in [0.2, 0.25) is 10.0 Å². The van der Waals surface area contributed by atoms with Gasteiger partial charge in [0.15, 0.2) is 5.72 Å². The van der Waals surface area contributed by atoms with Crippen LogP contribution in [0.4, 0.5) is 0 Å². The van der Waals surface area contributed by atoms with Crippen molar-refractivity contribution < 1.29 is 17.9 Å². The lowest BCUT2D eigenvalue weighted by atomic mass is 9.89. The molecule has 1 heterocycles. The van der Waals surface area contributed by atoms with Crippen LogP contribution in [0.25, 0.3) is 10.9 Å². The second kappa shape index (κ2) is 5.90. The zero-order valence-electron chi connectivity index (χ0n) is 12.8. The predicted molar refractivity (Wildman–Crippen MR) is 85.0 cm³/mol. The number of para-hydroxylation sites is 1. The van der Waals surface area contributed by atoms with Crippen LogP contribution in [0, 0.1) is 0 Å². The molecule has 0 radical (unpaired) electrons. The molecule has 0 spiro atoms. The molecule has 1 N–H and O–H groups in total. The molecule has 1 aromatic carbocycles. The van der Waals surface area contributed by atoms with Crippen LogP contribution < -0.4 is 4.72 Å². The van der Waals surface area contributed by atoms with Gasteiger partial charge in [-0.05, 0) is 18.6 Å². The Labute approximate surface area is 134 Å². The SMILES string of the molecule is CCC(=O)OC1(NS(=O)(=O)c2cccc3cccnc23)CCC1. The number of aromatic nitrogens is 1. The van der Waals surface area contributed by atoms with Gasteiger partial charge in [-0.3, -0.25) is 9.78 Å². The number of hydrogen-bond donors (Lipinski definition) is 1. The van der Waals surface area contributed by atoms with E-state index >= 15 is 0 Å². The first-order valence-electron chi connectivity index (χ1n) is 7.55. The van der Waals surface area contributed by atoms with Crippen molar-refractivity contribution in [3.05, 3.63) is 36.5 Å². The van der Waals surface area contributed by atoms with Crippen molar-refractivity contribution in [2.45, 2.75) is 43.2 Å². The molecule has 1 aromatic heterocycles. The fourth-order valence-electron chi connectivity index (χ4n) is 2.61. The highest BCUT2D eigenvalue weighted by atomic mass is 32.2. The molecule has 122 valence electrons. The van der Waals surface area contributed by atoms with Crippen LogP contribution in [-0.2, 0) is 19.6 Å². The summed E-state index contributed by atoms with van der Waals surface area (Å²) in [6.07, 6.45) is 3.54. The van der Waals surface area contributed by atoms with E-state index in [2.05, 4.69) is 9.71 Å². The third kappa shape index (κ3) is 3.07. The van der Waals surface area contributed by atoms with E-state index in [1.165, 1.54) is 6.07 Å². The Morgan fingerprint density at radius 1 is 1.30 bits per heavy atom. The number of sulfonamides is 1. The molecular formula is C16H18N2O4S. The van der Waals surface area contributed by atoms with Gasteiger partial charge in [0.25, 0.3) is 0 Å². The number of nitrogens with zero attached hydrogens (tertiary/aromatic N) is 1. The minimum atomic E-state index is -3.85. The predicted octanol–water partition coefficient (Wildman–Crippen LogP) is 2.35. The second-order valence-corrected chi connectivity index (χ2v) is 7.26. The van der Waals surface area contributed by atoms with Crippen LogP contribution in [0.2, 0.25) is 0 Å². The second-order valence-electron chi connectivity index (χ2n) is 5.61. The van der Waals surface area contributed by atoms with E-state index in [9.17, 15) is 13.2 Å². The maximum Gasteiger partial charge on any atom is 0.307 e. The van der Waals surface area contributed by atoms with Crippen LogP contribution in [0.1, 0.15) is 32.6 Å². The van der Waals surface area contributed by atoms with Crippen molar-refractivity contribution in [2.24, 2.45) is 0 Å². The van der Waals surface area contributed by atoms with Gasteiger partial charge < -0.3 is 4.74 Å². The monoisotopic (exact) mass is 334 g/mol. The van der Waals surface area contributed by atoms with Gasteiger partial charge in [0, 0.05) is 30.8 Å². The maximum atomic E-state index is 12.8. The molecule has 0 unspecified atom stereocenters. The van der Waals surface area contributed by atoms with E-state index in [0.29, 0.717) is 18.4 Å². The van der Waals surface area contributed by atoms with Crippen molar-refractivity contribution in [2.75, 3.05) is 0 Å². The van der Waals surface area contributed by atoms with Gasteiger partial charge in [-0.25, -0.2) is 8.42 Å². The summed E-state index contributed by atoms with van der Waals surface area (Å²) in [4.78, 5) is 15.8. The average Bonchev–Trinajstić information content (AvgIpc) is 2.51. The summed E-state index contributed by atoms with van der Waals surface area (Å²) in [6, 6.07) is 8.54. The fraction of sp³-hybridized carbons (Fsp3) is 0.375. The van der Waals surface area contributed by atoms with Crippen LogP contribution in [0.3, 0.4) is 0 Å². The molecule has 7 heteroatoms. The molecule has 6 nitrogen and oxygen atoms in total. The Hall–Kier alpha value is -1.99. The summed E-state index contributed by atoms with van der Waals surface area (Å²) < 4.78 is 33.5. The molecule has 0 amide bonds. The Bertz CT molecular complexity index is 839. The first-order chi connectivity index (χ1) is 11.0. The number of fused-ring (bicyclic) bond motifs is 1. The van der Waals surface area contributed by atoms with Crippen molar-refractivity contribution >= 4 is 26.9 Å². The molecule has 0 atom stereocenters. The topological polar surface area (TPSA) is 85.4 Å². The van der Waals surface area contributed by atoms with Gasteiger partial charge in [-0.2, -0.15) is 4.72 Å². The van der Waals surface area contributed by atoms with Crippen molar-refractivity contribution in [3.8, 4) is 0 Å². The number of carbonyl (C=O) groups is 1. The summed E-state index contributed by atoms with van der Waals surface area (Å²) in [7, 11) is -3.85. The van der Waals surface area contributed by atoms with E-state index in [1.54, 1.807) is 37.4 Å². The maximum absolute atomic E-state index is 12.8. The molecular weight excluding hydrogens is 316 g/mol. The molecule has 23 heavy (non-hydrogen) atoms. The minimum absolute atomic E-state index is 0.0921. The minimum Gasteiger partial charge on any atom is -0.443 e. The van der Waals surface area contributed by atoms with Gasteiger partial charge in [-0.1, -0.05) is 25.1 Å². The van der Waals surface area contributed by atoms with Crippen molar-refractivity contribution in [1.29, 1.82) is 0 Å². The highest BCUT2D eigenvalue weighted by molar-refractivity contribution is 7.89. The summed E-state index contributed by atoms with van der Waals surface area (Å²) in [5.74, 6) is -0.413. The molecule has 3 rings (SSSR count). The summed E-state index contributed by atoms with van der Waals surface area (Å²) in [5.41, 5.74) is -0.720. The van der Waals surface area contributed by atoms with Gasteiger partial charge in [-0.15, -0.1) is 0 Å². The lowest BCUT2D eigenvalue weighted by Crippen LogP contribution is -2.56. The van der Waals surface area contributed by atoms with E-state index in [1.807, 2.05) is 0 Å². The number of ether oxygens (including phenoxy) is 1. The number of rotatable bonds is 5. The van der Waals surface area contributed by atoms with Gasteiger partial charge in [0.05, 0.1) is 5.52 Å². The number of esters is 1. The molecule has 1 saturated carbocycles. The summed E-state index contributed by atoms with van der Waals surface area (Å²) in [6.45, 7) is 1.68. The number of hydrogen-bond acceptors (Lipinski definition) is 5. The quantitative estimate of drug-likeness (QED) is 0.670. The highest BCUT2D eigenvalue weighted by Crippen LogP contribution is 2.35. The standard InChI is InChI=1S/C16H18N2O4S/c1-2-14(19)22-16(9-5-10-16)18-23(20,21)13-8-3-6-12-7-4-11-17-15(12)13/h3-4,6-8,11,18H,2,5,9-10H2,1H3. The molecule has 0 saturated heterocycles. The van der Waals surface area contributed by atoms with E-state index in [4.69, 9.17) is 4.74 Å². The van der Waals surface area contributed by atoms with Gasteiger partial charge >= 0.3 is 5.97 Å². The Balaban J connectivity index is 1.96. The van der Waals surface area contributed by atoms with Crippen LogP contribution in [0.5, 0.6) is 0 Å². The molecule has 1 aliphatic carbocycles. The number of carbonyl (C=O) groups excluding carboxylic acids is 1. The highest BCUT2D eigenvalue weighted by Gasteiger charge is 2.44. The first kappa shape index (κ1) is 15.9. The Morgan fingerprint density at radius 2 is 2.04 bits per heavy atom. The molecule has 1 aliphatic rings. The third-order valence-corrected chi connectivity index (χ3v) is 5.51. The van der Waals surface area contributed by atoms with Crippen molar-refractivity contribution in [3.63, 3.8) is 0 Å². The van der Waals surface area contributed by atoms with Crippen molar-refractivity contribution in [1.82, 2.24) is 9.71 Å². The lowest BCUT2D eigenvalue weighted by molar-refractivity contribution is -0.171. The molecule has 0 bridgehead atoms. The zero-order valence-corrected chi connectivity index (χ0v) is 13.6. The normalized spacial score (nSPS) is 16.7. The fourth-order valence-corrected chi connectivity index (χ4v) is 4.13. The lowest BCUT2D eigenvalue weighted by Gasteiger charge is -2.40. The van der Waals surface area contributed by atoms with E-state index in [0.717, 1.165) is 11.8 Å². The number of pyridine rings is 1. The average molecular weight is 334 g/mol. The van der Waals surface area contributed by atoms with Crippen LogP contribution >= 0.6 is 0 Å². The van der Waals surface area contributed by atoms with Gasteiger partial charge in [0.1, 0.15) is 4.90 Å². The smallest absolute Gasteiger partial charge is 0.307 e. The molecule has 0 aliphatic heterocycles. The van der Waals surface area contributed by atoms with Crippen LogP contribution in [0.15, 0.2) is 41.4 Å². The van der Waals surface area contributed by atoms with E-state index in [-0.39, 0.29) is 11.3 Å². The Morgan fingerprint density at radius 3 is 2.70 bits per heavy atom.